The third-order valence-corrected chi connectivity index (χ3v) is 4.16. The van der Waals surface area contributed by atoms with Gasteiger partial charge in [-0.3, -0.25) is 4.79 Å². The Morgan fingerprint density at radius 3 is 2.55 bits per heavy atom. The SMILES string of the molecule is CC(C(O)c1ccccc1)N(C)C(=O)C(N)CC1CC1. The number of benzene rings is 1. The normalized spacial score (nSPS) is 19.2. The molecule has 0 aliphatic heterocycles. The Bertz CT molecular complexity index is 445. The standard InChI is InChI=1S/C16H24N2O2/c1-11(15(19)13-6-4-3-5-7-13)18(2)16(20)14(17)10-12-8-9-12/h3-7,11-12,14-15,19H,8-10,17H2,1-2H3. The molecule has 3 N–H and O–H groups in total. The highest BCUT2D eigenvalue weighted by Crippen LogP contribution is 2.33. The van der Waals surface area contributed by atoms with Gasteiger partial charge >= 0.3 is 0 Å². The number of aliphatic hydroxyl groups excluding tert-OH is 1. The summed E-state index contributed by atoms with van der Waals surface area (Å²) in [6.07, 6.45) is 2.44. The molecule has 0 heterocycles. The lowest BCUT2D eigenvalue weighted by Gasteiger charge is -2.31. The smallest absolute Gasteiger partial charge is 0.239 e. The molecular weight excluding hydrogens is 252 g/mol. The molecule has 20 heavy (non-hydrogen) atoms. The van der Waals surface area contributed by atoms with E-state index < -0.39 is 12.1 Å². The zero-order chi connectivity index (χ0) is 14.7. The topological polar surface area (TPSA) is 66.6 Å². The van der Waals surface area contributed by atoms with Crippen molar-refractivity contribution in [2.24, 2.45) is 11.7 Å². The third-order valence-electron chi connectivity index (χ3n) is 4.16. The first kappa shape index (κ1) is 15.0. The van der Waals surface area contributed by atoms with E-state index in [0.717, 1.165) is 12.0 Å². The van der Waals surface area contributed by atoms with Crippen molar-refractivity contribution in [1.82, 2.24) is 4.90 Å². The Balaban J connectivity index is 1.96. The van der Waals surface area contributed by atoms with Crippen molar-refractivity contribution in [2.45, 2.75) is 44.4 Å². The number of nitrogens with zero attached hydrogens (tertiary/aromatic N) is 1. The number of nitrogens with two attached hydrogens (primary N) is 1. The fourth-order valence-corrected chi connectivity index (χ4v) is 2.42. The zero-order valence-corrected chi connectivity index (χ0v) is 12.2. The number of likely N-dealkylation sites (N-methyl/N-ethyl adjacent to an activating group) is 1. The van der Waals surface area contributed by atoms with Crippen LogP contribution in [0.2, 0.25) is 0 Å². The van der Waals surface area contributed by atoms with E-state index in [4.69, 9.17) is 5.73 Å². The van der Waals surface area contributed by atoms with E-state index in [0.29, 0.717) is 5.92 Å². The van der Waals surface area contributed by atoms with Crippen molar-refractivity contribution < 1.29 is 9.90 Å². The Labute approximate surface area is 120 Å². The number of carbonyl (C=O) groups is 1. The number of aliphatic hydroxyl groups is 1. The van der Waals surface area contributed by atoms with Gasteiger partial charge in [0.25, 0.3) is 0 Å². The highest BCUT2D eigenvalue weighted by molar-refractivity contribution is 5.81. The summed E-state index contributed by atoms with van der Waals surface area (Å²) in [5, 5.41) is 10.3. The maximum Gasteiger partial charge on any atom is 0.239 e. The molecule has 1 amide bonds. The van der Waals surface area contributed by atoms with Crippen LogP contribution in [0.5, 0.6) is 0 Å². The second-order valence-corrected chi connectivity index (χ2v) is 5.83. The first-order valence-electron chi connectivity index (χ1n) is 7.26. The summed E-state index contributed by atoms with van der Waals surface area (Å²) in [5.74, 6) is 0.538. The van der Waals surface area contributed by atoms with Gasteiger partial charge in [0.1, 0.15) is 0 Å². The van der Waals surface area contributed by atoms with Gasteiger partial charge in [-0.2, -0.15) is 0 Å². The lowest BCUT2D eigenvalue weighted by molar-refractivity contribution is -0.135. The number of hydrogen-bond acceptors (Lipinski definition) is 3. The molecule has 0 aromatic heterocycles. The third kappa shape index (κ3) is 3.58. The molecular formula is C16H24N2O2. The molecule has 4 heteroatoms. The lowest BCUT2D eigenvalue weighted by Crippen LogP contribution is -2.47. The average molecular weight is 276 g/mol. The molecule has 1 aliphatic rings. The van der Waals surface area contributed by atoms with Gasteiger partial charge in [0, 0.05) is 7.05 Å². The number of hydrogen-bond donors (Lipinski definition) is 2. The minimum absolute atomic E-state index is 0.0839. The summed E-state index contributed by atoms with van der Waals surface area (Å²) >= 11 is 0. The summed E-state index contributed by atoms with van der Waals surface area (Å²) < 4.78 is 0. The van der Waals surface area contributed by atoms with Gasteiger partial charge in [-0.25, -0.2) is 0 Å². The largest absolute Gasteiger partial charge is 0.386 e. The highest BCUT2D eigenvalue weighted by Gasteiger charge is 2.31. The molecule has 1 aromatic rings. The van der Waals surface area contributed by atoms with Crippen LogP contribution < -0.4 is 5.73 Å². The molecule has 1 aromatic carbocycles. The Morgan fingerprint density at radius 2 is 2.00 bits per heavy atom. The molecule has 2 rings (SSSR count). The summed E-state index contributed by atoms with van der Waals surface area (Å²) in [6, 6.07) is 8.65. The van der Waals surface area contributed by atoms with Crippen molar-refractivity contribution in [3.05, 3.63) is 35.9 Å². The van der Waals surface area contributed by atoms with Gasteiger partial charge in [0.05, 0.1) is 18.2 Å². The molecule has 3 atom stereocenters. The Kier molecular flexibility index (Phi) is 4.78. The van der Waals surface area contributed by atoms with Crippen LogP contribution in [-0.2, 0) is 4.79 Å². The molecule has 1 saturated carbocycles. The van der Waals surface area contributed by atoms with E-state index in [9.17, 15) is 9.90 Å². The van der Waals surface area contributed by atoms with Crippen LogP contribution in [-0.4, -0.2) is 35.0 Å². The van der Waals surface area contributed by atoms with Gasteiger partial charge in [0.15, 0.2) is 0 Å². The molecule has 4 nitrogen and oxygen atoms in total. The number of rotatable bonds is 6. The summed E-state index contributed by atoms with van der Waals surface area (Å²) in [5.41, 5.74) is 6.78. The van der Waals surface area contributed by atoms with E-state index >= 15 is 0 Å². The predicted octanol–water partition coefficient (Wildman–Crippen LogP) is 1.69. The van der Waals surface area contributed by atoms with Crippen LogP contribution >= 0.6 is 0 Å². The van der Waals surface area contributed by atoms with Crippen LogP contribution in [0.3, 0.4) is 0 Å². The van der Waals surface area contributed by atoms with E-state index in [2.05, 4.69) is 0 Å². The van der Waals surface area contributed by atoms with E-state index in [-0.39, 0.29) is 11.9 Å². The molecule has 0 spiro atoms. The summed E-state index contributed by atoms with van der Waals surface area (Å²) in [6.45, 7) is 1.85. The summed E-state index contributed by atoms with van der Waals surface area (Å²) in [7, 11) is 1.71. The minimum Gasteiger partial charge on any atom is -0.386 e. The van der Waals surface area contributed by atoms with Crippen LogP contribution in [0, 0.1) is 5.92 Å². The molecule has 0 radical (unpaired) electrons. The van der Waals surface area contributed by atoms with Gasteiger partial charge in [-0.15, -0.1) is 0 Å². The van der Waals surface area contributed by atoms with Gasteiger partial charge < -0.3 is 15.7 Å². The quantitative estimate of drug-likeness (QED) is 0.831. The Hall–Kier alpha value is -1.39. The summed E-state index contributed by atoms with van der Waals surface area (Å²) in [4.78, 5) is 13.8. The molecule has 0 saturated heterocycles. The van der Waals surface area contributed by atoms with Crippen molar-refractivity contribution in [3.8, 4) is 0 Å². The molecule has 3 unspecified atom stereocenters. The Morgan fingerprint density at radius 1 is 1.40 bits per heavy atom. The van der Waals surface area contributed by atoms with Gasteiger partial charge in [-0.1, -0.05) is 43.2 Å². The highest BCUT2D eigenvalue weighted by atomic mass is 16.3. The first-order valence-corrected chi connectivity index (χ1v) is 7.26. The molecule has 0 bridgehead atoms. The molecule has 1 aliphatic carbocycles. The van der Waals surface area contributed by atoms with Crippen molar-refractivity contribution in [2.75, 3.05) is 7.05 Å². The number of amides is 1. The molecule has 1 fully saturated rings. The van der Waals surface area contributed by atoms with Crippen LogP contribution in [0.25, 0.3) is 0 Å². The monoisotopic (exact) mass is 276 g/mol. The fraction of sp³-hybridized carbons (Fsp3) is 0.562. The van der Waals surface area contributed by atoms with E-state index in [1.165, 1.54) is 12.8 Å². The first-order chi connectivity index (χ1) is 9.50. The average Bonchev–Trinajstić information content (AvgIpc) is 3.28. The van der Waals surface area contributed by atoms with Crippen molar-refractivity contribution >= 4 is 5.91 Å². The number of carbonyl (C=O) groups excluding carboxylic acids is 1. The van der Waals surface area contributed by atoms with Crippen LogP contribution in [0.4, 0.5) is 0 Å². The maximum atomic E-state index is 12.3. The van der Waals surface area contributed by atoms with Crippen LogP contribution in [0.1, 0.15) is 37.9 Å². The van der Waals surface area contributed by atoms with Crippen molar-refractivity contribution in [1.29, 1.82) is 0 Å². The zero-order valence-electron chi connectivity index (χ0n) is 12.2. The van der Waals surface area contributed by atoms with E-state index in [1.54, 1.807) is 11.9 Å². The molecule has 110 valence electrons. The predicted molar refractivity (Wildman–Crippen MR) is 79.0 cm³/mol. The van der Waals surface area contributed by atoms with Gasteiger partial charge in [0.2, 0.25) is 5.91 Å². The van der Waals surface area contributed by atoms with E-state index in [1.807, 2.05) is 37.3 Å². The van der Waals surface area contributed by atoms with Crippen molar-refractivity contribution in [3.63, 3.8) is 0 Å². The second kappa shape index (κ2) is 6.37. The fourth-order valence-electron chi connectivity index (χ4n) is 2.42. The van der Waals surface area contributed by atoms with Crippen LogP contribution in [0.15, 0.2) is 30.3 Å². The van der Waals surface area contributed by atoms with Gasteiger partial charge in [-0.05, 0) is 24.8 Å². The lowest BCUT2D eigenvalue weighted by atomic mass is 10.0. The maximum absolute atomic E-state index is 12.3. The minimum atomic E-state index is -0.696. The second-order valence-electron chi connectivity index (χ2n) is 5.83.